The van der Waals surface area contributed by atoms with E-state index >= 15 is 0 Å². The highest BCUT2D eigenvalue weighted by molar-refractivity contribution is 7.89. The van der Waals surface area contributed by atoms with Crippen LogP contribution in [0.4, 0.5) is 10.1 Å². The van der Waals surface area contributed by atoms with Crippen molar-refractivity contribution < 1.29 is 17.6 Å². The molecule has 0 saturated carbocycles. The van der Waals surface area contributed by atoms with Crippen LogP contribution in [0.3, 0.4) is 0 Å². The number of nitrogens with zero attached hydrogens (tertiary/aromatic N) is 1. The number of aryl methyl sites for hydroxylation is 1. The van der Waals surface area contributed by atoms with Crippen molar-refractivity contribution in [1.82, 2.24) is 4.31 Å². The third-order valence-electron chi connectivity index (χ3n) is 4.04. The van der Waals surface area contributed by atoms with Crippen LogP contribution in [0.25, 0.3) is 0 Å². The van der Waals surface area contributed by atoms with Crippen LogP contribution in [0, 0.1) is 12.7 Å². The van der Waals surface area contributed by atoms with E-state index in [2.05, 4.69) is 5.32 Å². The second kappa shape index (κ2) is 9.10. The van der Waals surface area contributed by atoms with E-state index in [0.29, 0.717) is 31.6 Å². The molecule has 2 rings (SSSR count). The largest absolute Gasteiger partial charge is 0.322 e. The van der Waals surface area contributed by atoms with Crippen LogP contribution in [0.2, 0.25) is 0 Å². The fourth-order valence-corrected chi connectivity index (χ4v) is 4.41. The van der Waals surface area contributed by atoms with Crippen molar-refractivity contribution in [3.05, 3.63) is 59.4 Å². The number of rotatable bonds is 8. The lowest BCUT2D eigenvalue weighted by Crippen LogP contribution is -2.32. The molecule has 0 radical (unpaired) electrons. The summed E-state index contributed by atoms with van der Waals surface area (Å²) < 4.78 is 41.3. The first-order chi connectivity index (χ1) is 12.8. The lowest BCUT2D eigenvalue weighted by Gasteiger charge is -2.21. The van der Waals surface area contributed by atoms with E-state index in [1.165, 1.54) is 10.4 Å². The second-order valence-electron chi connectivity index (χ2n) is 6.37. The van der Waals surface area contributed by atoms with Crippen molar-refractivity contribution in [3.63, 3.8) is 0 Å². The minimum absolute atomic E-state index is 0.0832. The number of hydrogen-bond donors (Lipinski definition) is 1. The molecule has 0 aromatic heterocycles. The molecule has 0 bridgehead atoms. The molecule has 0 spiro atoms. The highest BCUT2D eigenvalue weighted by Gasteiger charge is 2.25. The van der Waals surface area contributed by atoms with Crippen LogP contribution < -0.4 is 5.32 Å². The lowest BCUT2D eigenvalue weighted by atomic mass is 10.1. The minimum Gasteiger partial charge on any atom is -0.322 e. The summed E-state index contributed by atoms with van der Waals surface area (Å²) in [5.74, 6) is -1.45. The normalized spacial score (nSPS) is 11.6. The Morgan fingerprint density at radius 3 is 2.33 bits per heavy atom. The monoisotopic (exact) mass is 392 g/mol. The summed E-state index contributed by atoms with van der Waals surface area (Å²) in [7, 11) is -3.79. The second-order valence-corrected chi connectivity index (χ2v) is 8.31. The first kappa shape index (κ1) is 21.1. The van der Waals surface area contributed by atoms with E-state index < -0.39 is 21.7 Å². The Bertz CT molecular complexity index is 907. The fraction of sp³-hybridized carbons (Fsp3) is 0.350. The van der Waals surface area contributed by atoms with Gasteiger partial charge in [-0.25, -0.2) is 12.8 Å². The molecule has 0 aliphatic carbocycles. The average Bonchev–Trinajstić information content (AvgIpc) is 2.61. The van der Waals surface area contributed by atoms with Gasteiger partial charge in [-0.15, -0.1) is 0 Å². The number of sulfonamides is 1. The van der Waals surface area contributed by atoms with Crippen molar-refractivity contribution in [2.24, 2.45) is 0 Å². The molecular weight excluding hydrogens is 367 g/mol. The van der Waals surface area contributed by atoms with E-state index in [1.54, 1.807) is 18.2 Å². The Morgan fingerprint density at radius 2 is 1.74 bits per heavy atom. The van der Waals surface area contributed by atoms with Gasteiger partial charge in [-0.3, -0.25) is 4.79 Å². The Morgan fingerprint density at radius 1 is 1.07 bits per heavy atom. The molecule has 0 saturated heterocycles. The van der Waals surface area contributed by atoms with Crippen LogP contribution in [-0.4, -0.2) is 31.7 Å². The van der Waals surface area contributed by atoms with Crippen molar-refractivity contribution in [3.8, 4) is 0 Å². The van der Waals surface area contributed by atoms with Crippen molar-refractivity contribution in [1.29, 1.82) is 0 Å². The number of anilines is 1. The van der Waals surface area contributed by atoms with Crippen LogP contribution in [0.1, 0.15) is 42.6 Å². The van der Waals surface area contributed by atoms with E-state index in [9.17, 15) is 17.6 Å². The van der Waals surface area contributed by atoms with Gasteiger partial charge in [0.05, 0.1) is 10.5 Å². The first-order valence-corrected chi connectivity index (χ1v) is 10.4. The van der Waals surface area contributed by atoms with E-state index in [0.717, 1.165) is 17.7 Å². The molecule has 7 heteroatoms. The zero-order valence-electron chi connectivity index (χ0n) is 15.8. The van der Waals surface area contributed by atoms with Crippen molar-refractivity contribution in [2.45, 2.75) is 38.5 Å². The molecule has 0 aliphatic heterocycles. The highest BCUT2D eigenvalue weighted by Crippen LogP contribution is 2.21. The zero-order valence-corrected chi connectivity index (χ0v) is 16.6. The third kappa shape index (κ3) is 5.14. The standard InChI is InChI=1S/C20H25FN2O3S/c1-4-11-23(12-5-2)27(25,26)17-9-10-19(21)18(14-17)20(24)22-16-8-6-7-15(3)13-16/h6-10,13-14H,4-5,11-12H2,1-3H3,(H,22,24). The number of hydrogen-bond acceptors (Lipinski definition) is 3. The smallest absolute Gasteiger partial charge is 0.258 e. The molecule has 0 fully saturated rings. The fourth-order valence-electron chi connectivity index (χ4n) is 2.76. The molecule has 0 atom stereocenters. The Kier molecular flexibility index (Phi) is 7.10. The summed E-state index contributed by atoms with van der Waals surface area (Å²) in [6.07, 6.45) is 1.34. The number of carbonyl (C=O) groups is 1. The molecule has 27 heavy (non-hydrogen) atoms. The molecule has 0 unspecified atom stereocenters. The van der Waals surface area contributed by atoms with Gasteiger partial charge in [-0.1, -0.05) is 26.0 Å². The van der Waals surface area contributed by atoms with Gasteiger partial charge in [0.1, 0.15) is 5.82 Å². The van der Waals surface area contributed by atoms with Gasteiger partial charge in [0, 0.05) is 18.8 Å². The van der Waals surface area contributed by atoms with Crippen LogP contribution in [0.15, 0.2) is 47.4 Å². The zero-order chi connectivity index (χ0) is 20.0. The average molecular weight is 392 g/mol. The topological polar surface area (TPSA) is 66.5 Å². The van der Waals surface area contributed by atoms with Gasteiger partial charge < -0.3 is 5.32 Å². The molecule has 146 valence electrons. The maximum atomic E-state index is 14.2. The maximum absolute atomic E-state index is 14.2. The molecule has 1 amide bonds. The Labute approximate surface area is 160 Å². The maximum Gasteiger partial charge on any atom is 0.258 e. The van der Waals surface area contributed by atoms with Crippen LogP contribution in [0.5, 0.6) is 0 Å². The molecule has 1 N–H and O–H groups in total. The number of nitrogens with one attached hydrogen (secondary N) is 1. The molecule has 2 aromatic carbocycles. The molecule has 0 heterocycles. The summed E-state index contributed by atoms with van der Waals surface area (Å²) in [4.78, 5) is 12.4. The van der Waals surface area contributed by atoms with Crippen molar-refractivity contribution >= 4 is 21.6 Å². The Balaban J connectivity index is 2.35. The summed E-state index contributed by atoms with van der Waals surface area (Å²) in [5, 5.41) is 2.61. The lowest BCUT2D eigenvalue weighted by molar-refractivity contribution is 0.102. The van der Waals surface area contributed by atoms with Gasteiger partial charge in [0.25, 0.3) is 5.91 Å². The van der Waals surface area contributed by atoms with E-state index in [-0.39, 0.29) is 10.5 Å². The van der Waals surface area contributed by atoms with E-state index in [4.69, 9.17) is 0 Å². The van der Waals surface area contributed by atoms with Crippen LogP contribution in [-0.2, 0) is 10.0 Å². The predicted molar refractivity (Wildman–Crippen MR) is 105 cm³/mol. The van der Waals surface area contributed by atoms with Gasteiger partial charge >= 0.3 is 0 Å². The summed E-state index contributed by atoms with van der Waals surface area (Å²) in [5.41, 5.74) is 1.16. The van der Waals surface area contributed by atoms with E-state index in [1.807, 2.05) is 26.8 Å². The minimum atomic E-state index is -3.79. The van der Waals surface area contributed by atoms with Crippen molar-refractivity contribution in [2.75, 3.05) is 18.4 Å². The van der Waals surface area contributed by atoms with Gasteiger partial charge in [0.2, 0.25) is 10.0 Å². The predicted octanol–water partition coefficient (Wildman–Crippen LogP) is 4.20. The quantitative estimate of drug-likeness (QED) is 0.732. The third-order valence-corrected chi connectivity index (χ3v) is 5.94. The summed E-state index contributed by atoms with van der Waals surface area (Å²) in [6, 6.07) is 10.4. The Hall–Kier alpha value is -2.25. The number of halogens is 1. The van der Waals surface area contributed by atoms with Gasteiger partial charge in [-0.05, 0) is 55.7 Å². The summed E-state index contributed by atoms with van der Waals surface area (Å²) in [6.45, 7) is 6.41. The highest BCUT2D eigenvalue weighted by atomic mass is 32.2. The van der Waals surface area contributed by atoms with Crippen LogP contribution >= 0.6 is 0 Å². The number of carbonyl (C=O) groups excluding carboxylic acids is 1. The first-order valence-electron chi connectivity index (χ1n) is 8.97. The molecular formula is C20H25FN2O3S. The number of benzene rings is 2. The SMILES string of the molecule is CCCN(CCC)S(=O)(=O)c1ccc(F)c(C(=O)Nc2cccc(C)c2)c1. The van der Waals surface area contributed by atoms with Gasteiger partial charge in [0.15, 0.2) is 0 Å². The molecule has 5 nitrogen and oxygen atoms in total. The summed E-state index contributed by atoms with van der Waals surface area (Å²) >= 11 is 0. The molecule has 2 aromatic rings. The van der Waals surface area contributed by atoms with Gasteiger partial charge in [-0.2, -0.15) is 4.31 Å². The molecule has 0 aliphatic rings. The number of amides is 1.